The highest BCUT2D eigenvalue weighted by Crippen LogP contribution is 2.27. The molecular formula is C20H23FN2O3. The quantitative estimate of drug-likeness (QED) is 0.832. The van der Waals surface area contributed by atoms with Crippen LogP contribution in [0.25, 0.3) is 0 Å². The van der Waals surface area contributed by atoms with Gasteiger partial charge in [-0.05, 0) is 54.7 Å². The van der Waals surface area contributed by atoms with Crippen LogP contribution >= 0.6 is 0 Å². The summed E-state index contributed by atoms with van der Waals surface area (Å²) in [4.78, 5) is 14.6. The van der Waals surface area contributed by atoms with E-state index in [1.807, 2.05) is 12.1 Å². The summed E-state index contributed by atoms with van der Waals surface area (Å²) in [6.07, 6.45) is 1.66. The van der Waals surface area contributed by atoms with Gasteiger partial charge < -0.3 is 20.5 Å². The third-order valence-corrected chi connectivity index (χ3v) is 4.56. The molecule has 1 unspecified atom stereocenters. The minimum atomic E-state index is -0.469. The van der Waals surface area contributed by atoms with Crippen LogP contribution in [0.5, 0.6) is 11.5 Å². The Hall–Kier alpha value is -2.60. The van der Waals surface area contributed by atoms with Gasteiger partial charge in [0.15, 0.2) is 0 Å². The maximum Gasteiger partial charge on any atom is 0.257 e. The van der Waals surface area contributed by atoms with E-state index in [9.17, 15) is 14.3 Å². The summed E-state index contributed by atoms with van der Waals surface area (Å²) in [5.41, 5.74) is 6.72. The topological polar surface area (TPSA) is 75.8 Å². The van der Waals surface area contributed by atoms with E-state index < -0.39 is 5.82 Å². The lowest BCUT2D eigenvalue weighted by atomic mass is 9.98. The molecule has 1 atom stereocenters. The molecule has 1 aliphatic heterocycles. The average molecular weight is 358 g/mol. The highest BCUT2D eigenvalue weighted by molar-refractivity contribution is 5.97. The van der Waals surface area contributed by atoms with E-state index in [0.717, 1.165) is 18.4 Å². The molecule has 0 saturated carbocycles. The van der Waals surface area contributed by atoms with Crippen molar-refractivity contribution in [3.05, 3.63) is 59.4 Å². The van der Waals surface area contributed by atoms with Gasteiger partial charge in [0.1, 0.15) is 23.9 Å². The zero-order valence-electron chi connectivity index (χ0n) is 14.5. The number of likely N-dealkylation sites (tertiary alicyclic amines) is 1. The van der Waals surface area contributed by atoms with Crippen LogP contribution in [0.15, 0.2) is 42.5 Å². The Morgan fingerprint density at radius 2 is 2.15 bits per heavy atom. The highest BCUT2D eigenvalue weighted by Gasteiger charge is 2.29. The number of carbonyl (C=O) groups is 1. The molecule has 138 valence electrons. The zero-order valence-corrected chi connectivity index (χ0v) is 14.5. The van der Waals surface area contributed by atoms with E-state index in [4.69, 9.17) is 10.5 Å². The van der Waals surface area contributed by atoms with Crippen molar-refractivity contribution >= 4 is 5.91 Å². The second kappa shape index (κ2) is 8.19. The Balaban J connectivity index is 1.68. The molecule has 3 N–H and O–H groups in total. The fourth-order valence-corrected chi connectivity index (χ4v) is 3.33. The molecule has 5 nitrogen and oxygen atoms in total. The van der Waals surface area contributed by atoms with Crippen LogP contribution in [-0.2, 0) is 6.42 Å². The van der Waals surface area contributed by atoms with E-state index >= 15 is 0 Å². The van der Waals surface area contributed by atoms with Crippen LogP contribution in [0.2, 0.25) is 0 Å². The van der Waals surface area contributed by atoms with Crippen molar-refractivity contribution in [2.45, 2.75) is 12.8 Å². The number of benzene rings is 2. The summed E-state index contributed by atoms with van der Waals surface area (Å²) in [7, 11) is 0. The van der Waals surface area contributed by atoms with Gasteiger partial charge in [-0.3, -0.25) is 4.79 Å². The molecule has 2 aromatic carbocycles. The minimum Gasteiger partial charge on any atom is -0.508 e. The van der Waals surface area contributed by atoms with Crippen LogP contribution in [0, 0.1) is 11.7 Å². The fraction of sp³-hybridized carbons (Fsp3) is 0.350. The number of phenolic OH excluding ortho intramolecular Hbond substituents is 1. The van der Waals surface area contributed by atoms with E-state index in [2.05, 4.69) is 0 Å². The first-order chi connectivity index (χ1) is 12.6. The summed E-state index contributed by atoms with van der Waals surface area (Å²) < 4.78 is 19.1. The van der Waals surface area contributed by atoms with Gasteiger partial charge in [-0.2, -0.15) is 0 Å². The lowest BCUT2D eigenvalue weighted by molar-refractivity contribution is 0.0782. The van der Waals surface area contributed by atoms with Crippen molar-refractivity contribution in [1.82, 2.24) is 4.90 Å². The minimum absolute atomic E-state index is 0.227. The molecule has 1 amide bonds. The number of amides is 1. The van der Waals surface area contributed by atoms with Crippen LogP contribution in [0.1, 0.15) is 22.3 Å². The van der Waals surface area contributed by atoms with E-state index in [1.165, 1.54) is 18.2 Å². The van der Waals surface area contributed by atoms with Gasteiger partial charge in [-0.15, -0.1) is 0 Å². The largest absolute Gasteiger partial charge is 0.508 e. The molecule has 26 heavy (non-hydrogen) atoms. The lowest BCUT2D eigenvalue weighted by Crippen LogP contribution is -2.29. The number of halogens is 1. The standard InChI is InChI=1S/C20H23FN2O3/c21-16-4-5-19(26-9-7-22)18(12-16)20(25)23-8-6-15(13-23)10-14-2-1-3-17(24)11-14/h1-5,11-12,15,24H,6-10,13,22H2. The van der Waals surface area contributed by atoms with Gasteiger partial charge in [0, 0.05) is 19.6 Å². The number of rotatable bonds is 6. The van der Waals surface area contributed by atoms with Crippen LogP contribution in [-0.4, -0.2) is 42.2 Å². The Labute approximate surface area is 152 Å². The molecule has 0 bridgehead atoms. The van der Waals surface area contributed by atoms with Gasteiger partial charge >= 0.3 is 0 Å². The molecule has 0 aromatic heterocycles. The predicted molar refractivity (Wildman–Crippen MR) is 96.8 cm³/mol. The summed E-state index contributed by atoms with van der Waals surface area (Å²) in [5.74, 6) is 0.217. The number of aromatic hydroxyl groups is 1. The molecule has 1 fully saturated rings. The summed E-state index contributed by atoms with van der Waals surface area (Å²) >= 11 is 0. The first kappa shape index (κ1) is 18.2. The molecule has 0 radical (unpaired) electrons. The number of ether oxygens (including phenoxy) is 1. The first-order valence-corrected chi connectivity index (χ1v) is 8.76. The van der Waals surface area contributed by atoms with E-state index in [0.29, 0.717) is 31.3 Å². The van der Waals surface area contributed by atoms with Crippen molar-refractivity contribution in [2.24, 2.45) is 11.7 Å². The number of hydrogen-bond acceptors (Lipinski definition) is 4. The van der Waals surface area contributed by atoms with E-state index in [-0.39, 0.29) is 23.8 Å². The average Bonchev–Trinajstić information content (AvgIpc) is 3.08. The number of hydrogen-bond donors (Lipinski definition) is 2. The molecule has 1 saturated heterocycles. The molecule has 1 aliphatic rings. The number of phenols is 1. The van der Waals surface area contributed by atoms with Gasteiger partial charge in [0.05, 0.1) is 5.56 Å². The van der Waals surface area contributed by atoms with Gasteiger partial charge in [-0.1, -0.05) is 12.1 Å². The molecule has 1 heterocycles. The van der Waals surface area contributed by atoms with Crippen molar-refractivity contribution in [3.8, 4) is 11.5 Å². The second-order valence-electron chi connectivity index (χ2n) is 6.56. The lowest BCUT2D eigenvalue weighted by Gasteiger charge is -2.19. The molecule has 0 aliphatic carbocycles. The van der Waals surface area contributed by atoms with Crippen molar-refractivity contribution in [2.75, 3.05) is 26.2 Å². The van der Waals surface area contributed by atoms with E-state index in [1.54, 1.807) is 17.0 Å². The molecular weight excluding hydrogens is 335 g/mol. The zero-order chi connectivity index (χ0) is 18.5. The third-order valence-electron chi connectivity index (χ3n) is 4.56. The normalized spacial score (nSPS) is 16.7. The molecule has 3 rings (SSSR count). The third kappa shape index (κ3) is 4.32. The van der Waals surface area contributed by atoms with Crippen LogP contribution in [0.3, 0.4) is 0 Å². The van der Waals surface area contributed by atoms with Crippen LogP contribution < -0.4 is 10.5 Å². The second-order valence-corrected chi connectivity index (χ2v) is 6.56. The molecule has 0 spiro atoms. The maximum absolute atomic E-state index is 13.6. The van der Waals surface area contributed by atoms with Crippen molar-refractivity contribution < 1.29 is 19.0 Å². The smallest absolute Gasteiger partial charge is 0.257 e. The van der Waals surface area contributed by atoms with Gasteiger partial charge in [0.2, 0.25) is 0 Å². The number of nitrogens with zero attached hydrogens (tertiary/aromatic N) is 1. The Kier molecular flexibility index (Phi) is 5.73. The summed E-state index contributed by atoms with van der Waals surface area (Å²) in [6.45, 7) is 1.81. The number of carbonyl (C=O) groups excluding carboxylic acids is 1. The van der Waals surface area contributed by atoms with Gasteiger partial charge in [-0.25, -0.2) is 4.39 Å². The Morgan fingerprint density at radius 3 is 2.92 bits per heavy atom. The monoisotopic (exact) mass is 358 g/mol. The number of nitrogens with two attached hydrogens (primary N) is 1. The predicted octanol–water partition coefficient (Wildman–Crippen LogP) is 2.57. The van der Waals surface area contributed by atoms with Crippen molar-refractivity contribution in [1.29, 1.82) is 0 Å². The first-order valence-electron chi connectivity index (χ1n) is 8.76. The summed E-state index contributed by atoms with van der Waals surface area (Å²) in [5, 5.41) is 9.58. The van der Waals surface area contributed by atoms with Gasteiger partial charge in [0.25, 0.3) is 5.91 Å². The Morgan fingerprint density at radius 1 is 1.31 bits per heavy atom. The molecule has 2 aromatic rings. The fourth-order valence-electron chi connectivity index (χ4n) is 3.33. The SMILES string of the molecule is NCCOc1ccc(F)cc1C(=O)N1CCC(Cc2cccc(O)c2)C1. The van der Waals surface area contributed by atoms with Crippen molar-refractivity contribution in [3.63, 3.8) is 0 Å². The maximum atomic E-state index is 13.6. The highest BCUT2D eigenvalue weighted by atomic mass is 19.1. The van der Waals surface area contributed by atoms with Crippen LogP contribution in [0.4, 0.5) is 4.39 Å². The Bertz CT molecular complexity index is 781. The summed E-state index contributed by atoms with van der Waals surface area (Å²) in [6, 6.07) is 11.1. The molecule has 6 heteroatoms.